The second-order valence-corrected chi connectivity index (χ2v) is 34.2. The number of H-pyrrole nitrogens is 5. The Morgan fingerprint density at radius 3 is 1.09 bits per heavy atom. The summed E-state index contributed by atoms with van der Waals surface area (Å²) in [4.78, 5) is 107. The van der Waals surface area contributed by atoms with Crippen molar-refractivity contribution in [2.24, 2.45) is 0 Å². The van der Waals surface area contributed by atoms with Crippen LogP contribution in [0.2, 0.25) is 0 Å². The monoisotopic (exact) mass is 1850 g/mol. The molecule has 20 rings (SSSR count). The number of aryl methyl sites for hydroxylation is 8. The van der Waals surface area contributed by atoms with E-state index in [9.17, 15) is 37.1 Å². The van der Waals surface area contributed by atoms with E-state index in [0.29, 0.717) is 107 Å². The van der Waals surface area contributed by atoms with Gasteiger partial charge in [0, 0.05) is 80.9 Å². The Morgan fingerprint density at radius 1 is 0.297 bits per heavy atom. The van der Waals surface area contributed by atoms with Gasteiger partial charge in [-0.1, -0.05) is 196 Å². The van der Waals surface area contributed by atoms with Gasteiger partial charge in [0.15, 0.2) is 29.1 Å². The Morgan fingerprint density at radius 2 is 0.652 bits per heavy atom. The SMILES string of the molecule is COc1ccccc1NCc1cc(=O)n2[nH]c(-c3ccc(C)c(C)c3)nc2n1.Cc1cccc(-c2nc3nc(CNc4c(C)cccc4C)cc(=O)n3[nH]2)c1.Cc1cccc(NCc2cc(=O)n3[nH]c(-c4ccc(C(C)(C)C)cc4)nc3n2)c1.Cc1cccc(NCc2cc(=O)n3[nH]c(-c4ccccc4C)nc3n2)c1.O=c1cc(CNc2cccc(C(F)(F)F)c2)nc2nc(-c3ccccc3)[nH]n12. The fraction of sp³-hybridized carbons (Fsp3) is 0.183. The second-order valence-electron chi connectivity index (χ2n) is 34.2. The molecule has 0 radical (unpaired) electrons. The molecule has 0 aliphatic heterocycles. The number of alkyl halides is 3. The van der Waals surface area contributed by atoms with Crippen LogP contribution in [0.4, 0.5) is 41.6 Å². The summed E-state index contributed by atoms with van der Waals surface area (Å²) in [5, 5.41) is 31.1. The van der Waals surface area contributed by atoms with Crippen LogP contribution >= 0.6 is 0 Å². The fourth-order valence-corrected chi connectivity index (χ4v) is 15.1. The Hall–Kier alpha value is -17.5. The number of aromatic amines is 5. The van der Waals surface area contributed by atoms with Crippen LogP contribution in [0.1, 0.15) is 105 Å². The minimum absolute atomic E-state index is 0.0839. The lowest BCUT2D eigenvalue weighted by Crippen LogP contribution is -2.17. The summed E-state index contributed by atoms with van der Waals surface area (Å²) in [7, 11) is 1.62. The predicted octanol–water partition coefficient (Wildman–Crippen LogP) is 18.3. The van der Waals surface area contributed by atoms with Gasteiger partial charge < -0.3 is 31.3 Å². The van der Waals surface area contributed by atoms with Crippen LogP contribution in [0.3, 0.4) is 0 Å². The molecule has 0 saturated heterocycles. The predicted molar refractivity (Wildman–Crippen MR) is 532 cm³/mol. The lowest BCUT2D eigenvalue weighted by molar-refractivity contribution is -0.137. The maximum Gasteiger partial charge on any atom is 0.416 e. The second kappa shape index (κ2) is 40.9. The summed E-state index contributed by atoms with van der Waals surface area (Å²) in [6.45, 7) is 24.7. The van der Waals surface area contributed by atoms with E-state index in [-0.39, 0.29) is 51.2 Å². The largest absolute Gasteiger partial charge is 0.495 e. The number of fused-ring (bicyclic) bond motifs is 5. The van der Waals surface area contributed by atoms with Crippen molar-refractivity contribution in [3.05, 3.63) is 403 Å². The standard InChI is InChI=1S/C23H25N5O.C21H21N5O2.C21H21N5O.C20H19N5O.C19H14F3N5O/c1-15-6-5-7-18(12-15)24-14-19-13-20(29)28-22(25-19)26-21(27-28)16-8-10-17(11-9-16)23(2,3)4;1-13-8-9-15(10-14(13)2)20-24-21-23-16(11-19(27)26(21)25-20)12-22-17-6-4-5-7-18(17)28-3;1-13-6-4-9-16(10-13)20-24-21-23-17(11-18(27)26(21)25-20)12-22-19-14(2)7-5-8-15(19)3;1-13-6-5-8-15(10-13)21-12-16-11-18(26)25-20(22-16)23-19(24-25)17-9-4-3-7-14(17)2;20-19(21,22)13-7-4-8-14(9-13)23-11-15-10-16(28)27-18(24-15)25-17(26-27)12-5-2-1-3-6-12/h5-13,24H,14H2,1-4H3,(H,25,26,27);4-11,22H,12H2,1-3H3,(H,23,24,25);4-11,22H,12H2,1-3H3,(H,23,24,25);3-11,21H,12H2,1-2H3,(H,22,23,24);1-10,23H,11H2,(H,24,25,26). The van der Waals surface area contributed by atoms with Crippen LogP contribution < -0.4 is 59.1 Å². The number of nitrogens with one attached hydrogen (secondary N) is 10. The van der Waals surface area contributed by atoms with E-state index in [2.05, 4.69) is 180 Å². The van der Waals surface area contributed by atoms with E-state index in [1.165, 1.54) is 92.9 Å². The van der Waals surface area contributed by atoms with Gasteiger partial charge >= 0.3 is 6.18 Å². The number of aromatic nitrogens is 20. The smallest absolute Gasteiger partial charge is 0.416 e. The molecule has 0 saturated carbocycles. The van der Waals surface area contributed by atoms with E-state index in [1.54, 1.807) is 7.11 Å². The molecule has 698 valence electrons. The normalized spacial score (nSPS) is 11.3. The van der Waals surface area contributed by atoms with Gasteiger partial charge in [-0.05, 0) is 172 Å². The first kappa shape index (κ1) is 93.8. The Balaban J connectivity index is 0.000000125. The summed E-state index contributed by atoms with van der Waals surface area (Å²) in [6.07, 6.45) is -4.42. The van der Waals surface area contributed by atoms with Gasteiger partial charge in [-0.2, -0.15) is 60.7 Å². The number of anilines is 5. The molecule has 31 nitrogen and oxygen atoms in total. The lowest BCUT2D eigenvalue weighted by Gasteiger charge is -2.18. The molecular weight excluding hydrogens is 1750 g/mol. The Bertz CT molecular complexity index is 8120. The van der Waals surface area contributed by atoms with Crippen molar-refractivity contribution in [2.75, 3.05) is 33.7 Å². The molecule has 0 atom stereocenters. The first-order valence-electron chi connectivity index (χ1n) is 44.4. The maximum absolute atomic E-state index is 12.8. The summed E-state index contributed by atoms with van der Waals surface area (Å²) in [5.74, 6) is 5.37. The Labute approximate surface area is 788 Å². The third-order valence-electron chi connectivity index (χ3n) is 22.6. The number of hydrogen-bond donors (Lipinski definition) is 10. The number of rotatable bonds is 21. The third kappa shape index (κ3) is 22.7. The van der Waals surface area contributed by atoms with Crippen molar-refractivity contribution >= 4 is 57.3 Å². The molecule has 0 aliphatic rings. The van der Waals surface area contributed by atoms with Gasteiger partial charge in [-0.15, -0.1) is 0 Å². The van der Waals surface area contributed by atoms with Gasteiger partial charge in [-0.25, -0.2) is 24.9 Å². The highest BCUT2D eigenvalue weighted by molar-refractivity contribution is 5.65. The van der Waals surface area contributed by atoms with Crippen molar-refractivity contribution in [1.29, 1.82) is 0 Å². The van der Waals surface area contributed by atoms with Gasteiger partial charge in [0.05, 0.1) is 79.6 Å². The number of halogens is 3. The molecule has 10 heterocycles. The molecule has 10 aromatic heterocycles. The number of nitrogens with zero attached hydrogens (tertiary/aromatic N) is 15. The molecular formula is C104H100F3N25O6. The number of benzene rings is 10. The van der Waals surface area contributed by atoms with Crippen molar-refractivity contribution < 1.29 is 17.9 Å². The highest BCUT2D eigenvalue weighted by atomic mass is 19.4. The number of hydrogen-bond acceptors (Lipinski definition) is 21. The number of para-hydroxylation sites is 3. The van der Waals surface area contributed by atoms with Crippen LogP contribution in [0, 0.1) is 55.4 Å². The van der Waals surface area contributed by atoms with E-state index in [1.807, 2.05) is 211 Å². The van der Waals surface area contributed by atoms with Crippen molar-refractivity contribution in [3.8, 4) is 62.7 Å². The highest BCUT2D eigenvalue weighted by Gasteiger charge is 2.31. The van der Waals surface area contributed by atoms with Gasteiger partial charge in [0.1, 0.15) is 5.75 Å². The van der Waals surface area contributed by atoms with Gasteiger partial charge in [0.25, 0.3) is 56.7 Å². The maximum atomic E-state index is 12.8. The molecule has 0 unspecified atom stereocenters. The fourth-order valence-electron chi connectivity index (χ4n) is 15.1. The van der Waals surface area contributed by atoms with Crippen molar-refractivity contribution in [1.82, 2.24) is 97.9 Å². The average Bonchev–Trinajstić information content (AvgIpc) is 1.66. The molecule has 10 N–H and O–H groups in total. The van der Waals surface area contributed by atoms with E-state index < -0.39 is 11.7 Å². The quantitative estimate of drug-likeness (QED) is 0.0319. The molecule has 0 amide bonds. The first-order chi connectivity index (χ1) is 66.3. The molecule has 138 heavy (non-hydrogen) atoms. The number of methoxy groups -OCH3 is 1. The highest BCUT2D eigenvalue weighted by Crippen LogP contribution is 2.33. The average molecular weight is 1850 g/mol. The molecule has 10 aromatic carbocycles. The third-order valence-corrected chi connectivity index (χ3v) is 22.6. The van der Waals surface area contributed by atoms with E-state index in [0.717, 1.165) is 90.7 Å². The van der Waals surface area contributed by atoms with Gasteiger partial charge in [-0.3, -0.25) is 49.5 Å². The lowest BCUT2D eigenvalue weighted by atomic mass is 9.87. The molecule has 0 bridgehead atoms. The molecule has 34 heteroatoms. The zero-order valence-corrected chi connectivity index (χ0v) is 77.7. The molecule has 20 aromatic rings. The Kier molecular flexibility index (Phi) is 27.8. The van der Waals surface area contributed by atoms with Crippen LogP contribution in [0.5, 0.6) is 5.75 Å². The van der Waals surface area contributed by atoms with Crippen LogP contribution in [0.25, 0.3) is 85.8 Å². The minimum Gasteiger partial charge on any atom is -0.495 e. The van der Waals surface area contributed by atoms with Crippen LogP contribution in [-0.2, 0) is 44.3 Å². The summed E-state index contributed by atoms with van der Waals surface area (Å²) >= 11 is 0. The van der Waals surface area contributed by atoms with Gasteiger partial charge in [0.2, 0.25) is 0 Å². The number of ether oxygens (including phenoxy) is 1. The summed E-state index contributed by atoms with van der Waals surface area (Å²) in [5.41, 5.74) is 20.4. The topological polar surface area (TPSA) is 385 Å². The van der Waals surface area contributed by atoms with Crippen molar-refractivity contribution in [2.45, 2.75) is 120 Å². The molecule has 0 fully saturated rings. The molecule has 0 spiro atoms. The first-order valence-corrected chi connectivity index (χ1v) is 44.4. The van der Waals surface area contributed by atoms with Crippen LogP contribution in [0.15, 0.2) is 291 Å². The van der Waals surface area contributed by atoms with Crippen LogP contribution in [-0.4, -0.2) is 105 Å². The van der Waals surface area contributed by atoms with E-state index in [4.69, 9.17) is 4.74 Å². The minimum atomic E-state index is -4.42. The van der Waals surface area contributed by atoms with E-state index >= 15 is 0 Å². The van der Waals surface area contributed by atoms with Crippen molar-refractivity contribution in [3.63, 3.8) is 0 Å². The summed E-state index contributed by atoms with van der Waals surface area (Å²) < 4.78 is 50.4. The summed E-state index contributed by atoms with van der Waals surface area (Å²) in [6, 6.07) is 81.5. The zero-order valence-electron chi connectivity index (χ0n) is 77.7. The zero-order chi connectivity index (χ0) is 97.1. The molecule has 0 aliphatic carbocycles.